The lowest BCUT2D eigenvalue weighted by Gasteiger charge is -2.13. The fraction of sp³-hybridized carbons (Fsp3) is 0.400. The zero-order valence-corrected chi connectivity index (χ0v) is 11.9. The van der Waals surface area contributed by atoms with Crippen molar-refractivity contribution in [2.45, 2.75) is 19.3 Å². The topological polar surface area (TPSA) is 74.4 Å². The van der Waals surface area contributed by atoms with Gasteiger partial charge < -0.3 is 15.2 Å². The van der Waals surface area contributed by atoms with Crippen molar-refractivity contribution in [1.29, 1.82) is 0 Å². The summed E-state index contributed by atoms with van der Waals surface area (Å²) < 4.78 is 45.0. The Balaban J connectivity index is 3.14. The third-order valence-electron chi connectivity index (χ3n) is 2.10. The Hall–Kier alpha value is -1.10. The second kappa shape index (κ2) is 6.37. The molecule has 0 aromatic carbocycles. The molecule has 0 amide bonds. The minimum absolute atomic E-state index is 0.0455. The van der Waals surface area contributed by atoms with Gasteiger partial charge >= 0.3 is 12.3 Å². The largest absolute Gasteiger partial charge is 0.574 e. The van der Waals surface area contributed by atoms with E-state index in [0.717, 1.165) is 6.07 Å². The predicted molar refractivity (Wildman–Crippen MR) is 67.2 cm³/mol. The van der Waals surface area contributed by atoms with E-state index < -0.39 is 18.2 Å². The van der Waals surface area contributed by atoms with Crippen LogP contribution in [0.5, 0.6) is 5.88 Å². The number of halogens is 4. The summed E-state index contributed by atoms with van der Waals surface area (Å²) in [4.78, 5) is 14.8. The molecule has 1 aromatic rings. The Morgan fingerprint density at radius 2 is 2.16 bits per heavy atom. The number of esters is 1. The highest BCUT2D eigenvalue weighted by Crippen LogP contribution is 2.26. The first-order chi connectivity index (χ1) is 8.76. The molecular weight excluding hydrogens is 380 g/mol. The molecule has 0 atom stereocenters. The van der Waals surface area contributed by atoms with E-state index >= 15 is 0 Å². The Bertz CT molecular complexity index is 480. The van der Waals surface area contributed by atoms with Crippen molar-refractivity contribution in [2.24, 2.45) is 5.73 Å². The van der Waals surface area contributed by atoms with Gasteiger partial charge in [-0.05, 0) is 22.6 Å². The van der Waals surface area contributed by atoms with Gasteiger partial charge in [-0.3, -0.25) is 4.79 Å². The van der Waals surface area contributed by atoms with Crippen LogP contribution < -0.4 is 10.5 Å². The Labute approximate surface area is 120 Å². The first kappa shape index (κ1) is 16.0. The van der Waals surface area contributed by atoms with Gasteiger partial charge in [0.05, 0.1) is 19.2 Å². The standard InChI is InChI=1S/C10H10F3IN2O3/c1-18-9(17)3-7-5(4-15)6(14)2-8(16-7)19-10(11,12)13/h2H,3-4,15H2,1H3. The molecule has 0 fully saturated rings. The van der Waals surface area contributed by atoms with Crippen molar-refractivity contribution in [3.63, 3.8) is 0 Å². The summed E-state index contributed by atoms with van der Waals surface area (Å²) in [6.07, 6.45) is -5.11. The highest BCUT2D eigenvalue weighted by molar-refractivity contribution is 14.1. The number of hydrogen-bond acceptors (Lipinski definition) is 5. The molecule has 0 saturated carbocycles. The number of hydrogen-bond donors (Lipinski definition) is 1. The van der Waals surface area contributed by atoms with E-state index in [1.165, 1.54) is 7.11 Å². The number of methoxy groups -OCH3 is 1. The molecule has 0 spiro atoms. The van der Waals surface area contributed by atoms with Crippen LogP contribution in [0.25, 0.3) is 0 Å². The SMILES string of the molecule is COC(=O)Cc1nc(OC(F)(F)F)cc(I)c1CN. The van der Waals surface area contributed by atoms with E-state index in [0.29, 0.717) is 9.13 Å². The van der Waals surface area contributed by atoms with Gasteiger partial charge in [-0.2, -0.15) is 0 Å². The quantitative estimate of drug-likeness (QED) is 0.627. The maximum absolute atomic E-state index is 12.1. The van der Waals surface area contributed by atoms with Crippen LogP contribution in [0.4, 0.5) is 13.2 Å². The van der Waals surface area contributed by atoms with Gasteiger partial charge in [-0.1, -0.05) is 0 Å². The summed E-state index contributed by atoms with van der Waals surface area (Å²) >= 11 is 1.80. The maximum atomic E-state index is 12.1. The smallest absolute Gasteiger partial charge is 0.469 e. The predicted octanol–water partition coefficient (Wildman–Crippen LogP) is 1.76. The van der Waals surface area contributed by atoms with E-state index in [1.807, 2.05) is 0 Å². The zero-order chi connectivity index (χ0) is 14.6. The minimum Gasteiger partial charge on any atom is -0.469 e. The van der Waals surface area contributed by atoms with Crippen molar-refractivity contribution in [3.05, 3.63) is 20.9 Å². The number of nitrogens with zero attached hydrogens (tertiary/aromatic N) is 1. The zero-order valence-electron chi connectivity index (χ0n) is 9.75. The van der Waals surface area contributed by atoms with Crippen LogP contribution in [-0.2, 0) is 22.5 Å². The van der Waals surface area contributed by atoms with Crippen LogP contribution in [0.3, 0.4) is 0 Å². The molecule has 1 heterocycles. The summed E-state index contributed by atoms with van der Waals surface area (Å²) in [7, 11) is 1.17. The number of rotatable bonds is 4. The number of pyridine rings is 1. The van der Waals surface area contributed by atoms with Gasteiger partial charge in [0.15, 0.2) is 0 Å². The van der Waals surface area contributed by atoms with Crippen molar-refractivity contribution in [1.82, 2.24) is 4.98 Å². The summed E-state index contributed by atoms with van der Waals surface area (Å²) in [5, 5.41) is 0. The molecule has 5 nitrogen and oxygen atoms in total. The lowest BCUT2D eigenvalue weighted by atomic mass is 10.1. The number of carbonyl (C=O) groups is 1. The third-order valence-corrected chi connectivity index (χ3v) is 3.06. The van der Waals surface area contributed by atoms with Gasteiger partial charge in [0.25, 0.3) is 0 Å². The molecule has 0 unspecified atom stereocenters. The van der Waals surface area contributed by atoms with Crippen molar-refractivity contribution in [3.8, 4) is 5.88 Å². The lowest BCUT2D eigenvalue weighted by molar-refractivity contribution is -0.276. The average Bonchev–Trinajstić information content (AvgIpc) is 2.26. The molecule has 1 aromatic heterocycles. The molecule has 9 heteroatoms. The van der Waals surface area contributed by atoms with Gasteiger partial charge in [0, 0.05) is 21.7 Å². The number of carbonyl (C=O) groups excluding carboxylic acids is 1. The van der Waals surface area contributed by atoms with Crippen LogP contribution in [0.15, 0.2) is 6.07 Å². The van der Waals surface area contributed by atoms with Crippen molar-refractivity contribution >= 4 is 28.6 Å². The van der Waals surface area contributed by atoms with E-state index in [9.17, 15) is 18.0 Å². The van der Waals surface area contributed by atoms with Crippen LogP contribution >= 0.6 is 22.6 Å². The Morgan fingerprint density at radius 3 is 2.63 bits per heavy atom. The van der Waals surface area contributed by atoms with Gasteiger partial charge in [-0.15, -0.1) is 13.2 Å². The second-order valence-corrected chi connectivity index (χ2v) is 4.53. The van der Waals surface area contributed by atoms with Gasteiger partial charge in [-0.25, -0.2) is 4.98 Å². The third kappa shape index (κ3) is 4.82. The molecule has 0 aliphatic rings. The molecule has 1 rings (SSSR count). The molecule has 2 N–H and O–H groups in total. The summed E-state index contributed by atoms with van der Waals surface area (Å²) in [6, 6.07) is 1.11. The number of ether oxygens (including phenoxy) is 2. The van der Waals surface area contributed by atoms with E-state index in [2.05, 4.69) is 14.5 Å². The lowest BCUT2D eigenvalue weighted by Crippen LogP contribution is -2.20. The van der Waals surface area contributed by atoms with Crippen LogP contribution in [0, 0.1) is 3.57 Å². The highest BCUT2D eigenvalue weighted by atomic mass is 127. The molecular formula is C10H10F3IN2O3. The fourth-order valence-electron chi connectivity index (χ4n) is 1.31. The first-order valence-electron chi connectivity index (χ1n) is 4.97. The van der Waals surface area contributed by atoms with E-state index in [-0.39, 0.29) is 18.7 Å². The van der Waals surface area contributed by atoms with E-state index in [1.54, 1.807) is 22.6 Å². The Morgan fingerprint density at radius 1 is 1.53 bits per heavy atom. The monoisotopic (exact) mass is 390 g/mol. The summed E-state index contributed by atoms with van der Waals surface area (Å²) in [5.74, 6) is -1.25. The molecule has 0 radical (unpaired) electrons. The number of nitrogens with two attached hydrogens (primary N) is 1. The molecule has 19 heavy (non-hydrogen) atoms. The van der Waals surface area contributed by atoms with Crippen LogP contribution in [-0.4, -0.2) is 24.4 Å². The number of alkyl halides is 3. The second-order valence-electron chi connectivity index (χ2n) is 3.37. The van der Waals surface area contributed by atoms with Crippen molar-refractivity contribution < 1.29 is 27.4 Å². The number of aromatic nitrogens is 1. The maximum Gasteiger partial charge on any atom is 0.574 e. The summed E-state index contributed by atoms with van der Waals surface area (Å²) in [6.45, 7) is 0.0455. The van der Waals surface area contributed by atoms with Gasteiger partial charge in [0.2, 0.25) is 5.88 Å². The minimum atomic E-state index is -4.84. The molecule has 0 bridgehead atoms. The summed E-state index contributed by atoms with van der Waals surface area (Å²) in [5.41, 5.74) is 6.08. The van der Waals surface area contributed by atoms with Crippen molar-refractivity contribution in [2.75, 3.05) is 7.11 Å². The Kier molecular flexibility index (Phi) is 5.35. The normalized spacial score (nSPS) is 11.3. The van der Waals surface area contributed by atoms with E-state index in [4.69, 9.17) is 5.73 Å². The van der Waals surface area contributed by atoms with Crippen LogP contribution in [0.2, 0.25) is 0 Å². The van der Waals surface area contributed by atoms with Gasteiger partial charge in [0.1, 0.15) is 0 Å². The highest BCUT2D eigenvalue weighted by Gasteiger charge is 2.32. The first-order valence-corrected chi connectivity index (χ1v) is 6.05. The molecule has 0 aliphatic heterocycles. The molecule has 0 aliphatic carbocycles. The fourth-order valence-corrected chi connectivity index (χ4v) is 2.11. The molecule has 0 saturated heterocycles. The van der Waals surface area contributed by atoms with Crippen LogP contribution in [0.1, 0.15) is 11.3 Å². The average molecular weight is 390 g/mol. The molecule has 106 valence electrons.